The van der Waals surface area contributed by atoms with Crippen LogP contribution in [0.1, 0.15) is 119 Å². The van der Waals surface area contributed by atoms with Crippen molar-refractivity contribution >= 4 is 0 Å². The molecule has 30 heavy (non-hydrogen) atoms. The minimum absolute atomic E-state index is 0.423. The maximum atomic E-state index is 10.7. The highest BCUT2D eigenvalue weighted by Gasteiger charge is 2.61. The van der Waals surface area contributed by atoms with Gasteiger partial charge in [0.15, 0.2) is 0 Å². The lowest BCUT2D eigenvalue weighted by molar-refractivity contribution is -0.148. The van der Waals surface area contributed by atoms with Gasteiger partial charge in [0.05, 0.1) is 11.2 Å². The van der Waals surface area contributed by atoms with Gasteiger partial charge < -0.3 is 10.2 Å². The molecule has 4 aliphatic carbocycles. The van der Waals surface area contributed by atoms with Crippen LogP contribution in [0.4, 0.5) is 0 Å². The van der Waals surface area contributed by atoms with Crippen molar-refractivity contribution in [2.45, 2.75) is 130 Å². The quantitative estimate of drug-likeness (QED) is 0.506. The molecule has 0 aliphatic heterocycles. The van der Waals surface area contributed by atoms with E-state index in [1.807, 2.05) is 6.92 Å². The Morgan fingerprint density at radius 1 is 0.933 bits per heavy atom. The first-order chi connectivity index (χ1) is 13.9. The Morgan fingerprint density at radius 2 is 1.63 bits per heavy atom. The van der Waals surface area contributed by atoms with Gasteiger partial charge in [-0.15, -0.1) is 0 Å². The number of hydrogen-bond donors (Lipinski definition) is 2. The van der Waals surface area contributed by atoms with Crippen LogP contribution in [0.15, 0.2) is 0 Å². The van der Waals surface area contributed by atoms with Crippen molar-refractivity contribution in [2.75, 3.05) is 0 Å². The molecule has 0 aromatic heterocycles. The zero-order chi connectivity index (χ0) is 21.9. The lowest BCUT2D eigenvalue weighted by Crippen LogP contribution is -2.55. The molecule has 4 fully saturated rings. The fourth-order valence-corrected chi connectivity index (χ4v) is 9.32. The van der Waals surface area contributed by atoms with E-state index in [-0.39, 0.29) is 0 Å². The summed E-state index contributed by atoms with van der Waals surface area (Å²) in [6.07, 6.45) is 14.7. The molecule has 10 atom stereocenters. The number of rotatable bonds is 5. The van der Waals surface area contributed by atoms with Crippen molar-refractivity contribution in [3.05, 3.63) is 0 Å². The van der Waals surface area contributed by atoms with E-state index in [1.165, 1.54) is 51.4 Å². The van der Waals surface area contributed by atoms with Gasteiger partial charge >= 0.3 is 0 Å². The van der Waals surface area contributed by atoms with Crippen LogP contribution in [0.3, 0.4) is 0 Å². The van der Waals surface area contributed by atoms with Crippen LogP contribution in [0.2, 0.25) is 0 Å². The minimum atomic E-state index is -0.486. The summed E-state index contributed by atoms with van der Waals surface area (Å²) < 4.78 is 0. The maximum Gasteiger partial charge on any atom is 0.0622 e. The topological polar surface area (TPSA) is 40.5 Å². The molecular weight excluding hydrogens is 368 g/mol. The van der Waals surface area contributed by atoms with Crippen LogP contribution in [-0.4, -0.2) is 21.4 Å². The molecule has 4 saturated carbocycles. The summed E-state index contributed by atoms with van der Waals surface area (Å²) >= 11 is 0. The standard InChI is InChI=1S/C28H50O2/c1-7-25(3,29)14-12-19(2)22-10-11-23-21-9-8-20-18-26(4,30)16-17-27(20,5)24(21)13-15-28(22,23)6/h19-24,29-30H,7-18H2,1-6H3/t19-,20-,21+,22-,23+,24+,25?,26+,27+,28-/m1/s1. The van der Waals surface area contributed by atoms with Gasteiger partial charge in [0.2, 0.25) is 0 Å². The number of hydrogen-bond acceptors (Lipinski definition) is 2. The fourth-order valence-electron chi connectivity index (χ4n) is 9.32. The van der Waals surface area contributed by atoms with E-state index in [1.54, 1.807) is 0 Å². The molecule has 2 heteroatoms. The highest BCUT2D eigenvalue weighted by atomic mass is 16.3. The van der Waals surface area contributed by atoms with E-state index in [2.05, 4.69) is 34.6 Å². The smallest absolute Gasteiger partial charge is 0.0622 e. The Labute approximate surface area is 186 Å². The first kappa shape index (κ1) is 23.1. The Hall–Kier alpha value is -0.0800. The number of fused-ring (bicyclic) bond motifs is 5. The van der Waals surface area contributed by atoms with Gasteiger partial charge in [0, 0.05) is 0 Å². The molecule has 0 aromatic rings. The second kappa shape index (κ2) is 7.75. The highest BCUT2D eigenvalue weighted by molar-refractivity contribution is 5.10. The lowest BCUT2D eigenvalue weighted by Gasteiger charge is -2.62. The summed E-state index contributed by atoms with van der Waals surface area (Å²) in [5.74, 6) is 5.03. The van der Waals surface area contributed by atoms with Crippen LogP contribution in [0, 0.1) is 46.3 Å². The van der Waals surface area contributed by atoms with Gasteiger partial charge in [-0.2, -0.15) is 0 Å². The zero-order valence-corrected chi connectivity index (χ0v) is 20.8. The van der Waals surface area contributed by atoms with E-state index in [0.717, 1.165) is 61.2 Å². The second-order valence-electron chi connectivity index (χ2n) is 13.5. The van der Waals surface area contributed by atoms with Crippen molar-refractivity contribution in [3.63, 3.8) is 0 Å². The second-order valence-corrected chi connectivity index (χ2v) is 13.5. The fraction of sp³-hybridized carbons (Fsp3) is 1.00. The predicted octanol–water partition coefficient (Wildman–Crippen LogP) is 6.97. The van der Waals surface area contributed by atoms with Crippen LogP contribution in [0.5, 0.6) is 0 Å². The molecular formula is C28H50O2. The maximum absolute atomic E-state index is 10.7. The first-order valence-electron chi connectivity index (χ1n) is 13.4. The van der Waals surface area contributed by atoms with Crippen molar-refractivity contribution in [3.8, 4) is 0 Å². The Bertz CT molecular complexity index is 624. The van der Waals surface area contributed by atoms with Gasteiger partial charge in [-0.1, -0.05) is 27.7 Å². The van der Waals surface area contributed by atoms with Gasteiger partial charge in [-0.25, -0.2) is 0 Å². The minimum Gasteiger partial charge on any atom is -0.390 e. The molecule has 174 valence electrons. The van der Waals surface area contributed by atoms with Crippen molar-refractivity contribution < 1.29 is 10.2 Å². The highest BCUT2D eigenvalue weighted by Crippen LogP contribution is 2.68. The van der Waals surface area contributed by atoms with E-state index < -0.39 is 11.2 Å². The average Bonchev–Trinajstić information content (AvgIpc) is 3.04. The Morgan fingerprint density at radius 3 is 2.33 bits per heavy atom. The molecule has 0 heterocycles. The van der Waals surface area contributed by atoms with Gasteiger partial charge in [-0.05, 0) is 137 Å². The van der Waals surface area contributed by atoms with Crippen LogP contribution >= 0.6 is 0 Å². The summed E-state index contributed by atoms with van der Waals surface area (Å²) in [6.45, 7) is 14.0. The summed E-state index contributed by atoms with van der Waals surface area (Å²) in [5.41, 5.74) is 0.0752. The van der Waals surface area contributed by atoms with Gasteiger partial charge in [0.25, 0.3) is 0 Å². The first-order valence-corrected chi connectivity index (χ1v) is 13.4. The summed E-state index contributed by atoms with van der Waals surface area (Å²) in [4.78, 5) is 0. The molecule has 0 saturated heterocycles. The zero-order valence-electron chi connectivity index (χ0n) is 20.8. The predicted molar refractivity (Wildman–Crippen MR) is 125 cm³/mol. The third kappa shape index (κ3) is 3.81. The van der Waals surface area contributed by atoms with E-state index in [0.29, 0.717) is 10.8 Å². The van der Waals surface area contributed by atoms with Crippen LogP contribution < -0.4 is 0 Å². The van der Waals surface area contributed by atoms with E-state index >= 15 is 0 Å². The van der Waals surface area contributed by atoms with Gasteiger partial charge in [-0.3, -0.25) is 0 Å². The van der Waals surface area contributed by atoms with Crippen molar-refractivity contribution in [2.24, 2.45) is 46.3 Å². The summed E-state index contributed by atoms with van der Waals surface area (Å²) in [7, 11) is 0. The molecule has 0 aromatic carbocycles. The van der Waals surface area contributed by atoms with Crippen molar-refractivity contribution in [1.82, 2.24) is 0 Å². The third-order valence-electron chi connectivity index (χ3n) is 11.6. The molecule has 0 amide bonds. The Balaban J connectivity index is 1.48. The van der Waals surface area contributed by atoms with Crippen LogP contribution in [0.25, 0.3) is 0 Å². The third-order valence-corrected chi connectivity index (χ3v) is 11.6. The Kier molecular flexibility index (Phi) is 5.97. The summed E-state index contributed by atoms with van der Waals surface area (Å²) in [5, 5.41) is 21.2. The molecule has 2 N–H and O–H groups in total. The van der Waals surface area contributed by atoms with E-state index in [9.17, 15) is 10.2 Å². The molecule has 0 spiro atoms. The monoisotopic (exact) mass is 418 g/mol. The van der Waals surface area contributed by atoms with Gasteiger partial charge in [0.1, 0.15) is 0 Å². The molecule has 4 aliphatic rings. The normalized spacial score (nSPS) is 51.4. The lowest BCUT2D eigenvalue weighted by atomic mass is 9.43. The van der Waals surface area contributed by atoms with E-state index in [4.69, 9.17) is 0 Å². The molecule has 2 nitrogen and oxygen atoms in total. The molecule has 0 bridgehead atoms. The largest absolute Gasteiger partial charge is 0.390 e. The molecule has 1 unspecified atom stereocenters. The molecule has 4 rings (SSSR count). The SMILES string of the molecule is CCC(C)(O)CC[C@@H](C)[C@H]1CC[C@H]2[C@@H]3CC[C@@H]4C[C@@](C)(O)CC[C@]4(C)[C@H]3CC[C@]12C. The molecule has 0 radical (unpaired) electrons. The number of aliphatic hydroxyl groups is 2. The van der Waals surface area contributed by atoms with Crippen LogP contribution in [-0.2, 0) is 0 Å². The average molecular weight is 419 g/mol. The van der Waals surface area contributed by atoms with Crippen molar-refractivity contribution in [1.29, 1.82) is 0 Å². The summed E-state index contributed by atoms with van der Waals surface area (Å²) in [6, 6.07) is 0.